The number of likely N-dealkylation sites (N-methyl/N-ethyl adjacent to an activating group) is 1. The van der Waals surface area contributed by atoms with E-state index in [9.17, 15) is 4.79 Å². The van der Waals surface area contributed by atoms with E-state index in [1.54, 1.807) is 0 Å². The highest BCUT2D eigenvalue weighted by Gasteiger charge is 2.28. The van der Waals surface area contributed by atoms with E-state index in [2.05, 4.69) is 18.0 Å². The van der Waals surface area contributed by atoms with Gasteiger partial charge in [0.05, 0.1) is 0 Å². The summed E-state index contributed by atoms with van der Waals surface area (Å²) in [6.07, 6.45) is 4.62. The number of carbonyl (C=O) groups is 1. The van der Waals surface area contributed by atoms with E-state index in [0.29, 0.717) is 0 Å². The summed E-state index contributed by atoms with van der Waals surface area (Å²) in [7, 11) is 1.87. The first-order valence-corrected chi connectivity index (χ1v) is 6.42. The van der Waals surface area contributed by atoms with Crippen LogP contribution in [0.25, 0.3) is 0 Å². The summed E-state index contributed by atoms with van der Waals surface area (Å²) in [6.45, 7) is 4.48. The molecule has 1 amide bonds. The molecule has 1 aromatic rings. The Morgan fingerprint density at radius 1 is 1.56 bits per heavy atom. The minimum absolute atomic E-state index is 0.101. The lowest BCUT2D eigenvalue weighted by Gasteiger charge is -2.21. The number of anilines is 1. The Balaban J connectivity index is 1.90. The second-order valence-corrected chi connectivity index (χ2v) is 4.75. The van der Waals surface area contributed by atoms with Crippen molar-refractivity contribution in [2.75, 3.05) is 18.9 Å². The number of hydrogen-bond acceptors (Lipinski definition) is 2. The molecule has 1 N–H and O–H groups in total. The normalized spacial score (nSPS) is 16.8. The summed E-state index contributed by atoms with van der Waals surface area (Å²) >= 11 is 0. The van der Waals surface area contributed by atoms with Crippen molar-refractivity contribution in [1.82, 2.24) is 4.90 Å². The third-order valence-electron chi connectivity index (χ3n) is 3.35. The molecule has 1 aliphatic heterocycles. The maximum atomic E-state index is 12.2. The van der Waals surface area contributed by atoms with Gasteiger partial charge in [0.25, 0.3) is 0 Å². The number of para-hydroxylation sites is 1. The first kappa shape index (κ1) is 12.7. The number of nitrogens with one attached hydrogen (secondary N) is 1. The summed E-state index contributed by atoms with van der Waals surface area (Å²) in [5.41, 5.74) is 2.32. The molecule has 1 aliphatic rings. The monoisotopic (exact) mass is 244 g/mol. The molecule has 0 aliphatic carbocycles. The van der Waals surface area contributed by atoms with Crippen LogP contribution < -0.4 is 5.32 Å². The minimum Gasteiger partial charge on any atom is -0.373 e. The van der Waals surface area contributed by atoms with Gasteiger partial charge >= 0.3 is 0 Å². The maximum absolute atomic E-state index is 12.2. The van der Waals surface area contributed by atoms with Crippen molar-refractivity contribution in [2.24, 2.45) is 0 Å². The van der Waals surface area contributed by atoms with Crippen molar-refractivity contribution in [3.8, 4) is 0 Å². The van der Waals surface area contributed by atoms with Crippen LogP contribution in [-0.2, 0) is 11.2 Å². The van der Waals surface area contributed by atoms with Gasteiger partial charge < -0.3 is 10.2 Å². The second kappa shape index (κ2) is 5.71. The van der Waals surface area contributed by atoms with E-state index in [1.165, 1.54) is 5.56 Å². The molecule has 3 heteroatoms. The largest absolute Gasteiger partial charge is 0.373 e. The molecule has 0 aromatic heterocycles. The SMILES string of the molecule is C=CCCCN(C)C(=O)C1Cc2ccccc2N1. The standard InChI is InChI=1S/C15H20N2O/c1-3-4-7-10-17(2)15(18)14-11-12-8-5-6-9-13(12)16-14/h3,5-6,8-9,14,16H,1,4,7,10-11H2,2H3. The molecule has 0 bridgehead atoms. The van der Waals surface area contributed by atoms with Crippen LogP contribution in [0.15, 0.2) is 36.9 Å². The quantitative estimate of drug-likeness (QED) is 0.637. The molecule has 0 spiro atoms. The fourth-order valence-electron chi connectivity index (χ4n) is 2.30. The highest BCUT2D eigenvalue weighted by molar-refractivity contribution is 5.87. The van der Waals surface area contributed by atoms with Crippen molar-refractivity contribution in [1.29, 1.82) is 0 Å². The molecular formula is C15H20N2O. The van der Waals surface area contributed by atoms with Gasteiger partial charge in [-0.15, -0.1) is 6.58 Å². The van der Waals surface area contributed by atoms with Crippen LogP contribution in [0.2, 0.25) is 0 Å². The van der Waals surface area contributed by atoms with Crippen molar-refractivity contribution >= 4 is 11.6 Å². The molecule has 0 saturated carbocycles. The topological polar surface area (TPSA) is 32.3 Å². The van der Waals surface area contributed by atoms with E-state index in [0.717, 1.165) is 31.5 Å². The Kier molecular flexibility index (Phi) is 4.03. The number of hydrogen-bond donors (Lipinski definition) is 1. The summed E-state index contributed by atoms with van der Waals surface area (Å²) in [5.74, 6) is 0.176. The molecule has 0 radical (unpaired) electrons. The van der Waals surface area contributed by atoms with Crippen LogP contribution in [0.4, 0.5) is 5.69 Å². The van der Waals surface area contributed by atoms with Gasteiger partial charge in [0, 0.05) is 25.7 Å². The molecule has 3 nitrogen and oxygen atoms in total. The van der Waals surface area contributed by atoms with Crippen LogP contribution in [0, 0.1) is 0 Å². The van der Waals surface area contributed by atoms with E-state index in [4.69, 9.17) is 0 Å². The van der Waals surface area contributed by atoms with Gasteiger partial charge in [-0.2, -0.15) is 0 Å². The van der Waals surface area contributed by atoms with E-state index < -0.39 is 0 Å². The van der Waals surface area contributed by atoms with E-state index in [-0.39, 0.29) is 11.9 Å². The number of amides is 1. The zero-order valence-electron chi connectivity index (χ0n) is 10.9. The number of unbranched alkanes of at least 4 members (excludes halogenated alkanes) is 1. The zero-order valence-corrected chi connectivity index (χ0v) is 10.9. The first-order chi connectivity index (χ1) is 8.72. The summed E-state index contributed by atoms with van der Waals surface area (Å²) in [6, 6.07) is 8.01. The van der Waals surface area contributed by atoms with Crippen LogP contribution in [0.1, 0.15) is 18.4 Å². The van der Waals surface area contributed by atoms with Crippen LogP contribution in [0.5, 0.6) is 0 Å². The molecule has 1 aromatic carbocycles. The fraction of sp³-hybridized carbons (Fsp3) is 0.400. The van der Waals surface area contributed by atoms with E-state index >= 15 is 0 Å². The van der Waals surface area contributed by atoms with Crippen molar-refractivity contribution in [3.63, 3.8) is 0 Å². The summed E-state index contributed by atoms with van der Waals surface area (Å²) in [5, 5.41) is 3.29. The third kappa shape index (κ3) is 2.73. The Bertz CT molecular complexity index is 417. The highest BCUT2D eigenvalue weighted by atomic mass is 16.2. The summed E-state index contributed by atoms with van der Waals surface area (Å²) < 4.78 is 0. The van der Waals surface area contributed by atoms with Crippen molar-refractivity contribution in [3.05, 3.63) is 42.5 Å². The van der Waals surface area contributed by atoms with Gasteiger partial charge in [0.1, 0.15) is 6.04 Å². The average Bonchev–Trinajstić information content (AvgIpc) is 2.81. The molecule has 0 saturated heterocycles. The van der Waals surface area contributed by atoms with Gasteiger partial charge in [0.15, 0.2) is 0 Å². The molecule has 1 atom stereocenters. The Morgan fingerprint density at radius 2 is 2.33 bits per heavy atom. The van der Waals surface area contributed by atoms with Gasteiger partial charge in [-0.05, 0) is 24.5 Å². The van der Waals surface area contributed by atoms with E-state index in [1.807, 2.05) is 36.2 Å². The number of benzene rings is 1. The molecule has 18 heavy (non-hydrogen) atoms. The van der Waals surface area contributed by atoms with Crippen molar-refractivity contribution in [2.45, 2.75) is 25.3 Å². The Morgan fingerprint density at radius 3 is 3.06 bits per heavy atom. The average molecular weight is 244 g/mol. The van der Waals surface area contributed by atoms with Crippen LogP contribution in [0.3, 0.4) is 0 Å². The Labute approximate surface area is 108 Å². The van der Waals surface area contributed by atoms with Gasteiger partial charge in [-0.3, -0.25) is 4.79 Å². The van der Waals surface area contributed by atoms with Crippen LogP contribution >= 0.6 is 0 Å². The minimum atomic E-state index is -0.101. The van der Waals surface area contributed by atoms with Gasteiger partial charge in [-0.25, -0.2) is 0 Å². The van der Waals surface area contributed by atoms with Crippen LogP contribution in [-0.4, -0.2) is 30.4 Å². The molecule has 2 rings (SSSR count). The fourth-order valence-corrected chi connectivity index (χ4v) is 2.30. The summed E-state index contributed by atoms with van der Waals surface area (Å²) in [4.78, 5) is 14.1. The zero-order chi connectivity index (χ0) is 13.0. The predicted octanol–water partition coefficient (Wildman–Crippen LogP) is 2.45. The lowest BCUT2D eigenvalue weighted by atomic mass is 10.1. The number of fused-ring (bicyclic) bond motifs is 1. The second-order valence-electron chi connectivity index (χ2n) is 4.75. The lowest BCUT2D eigenvalue weighted by molar-refractivity contribution is -0.130. The number of allylic oxidation sites excluding steroid dienone is 1. The molecule has 1 unspecified atom stereocenters. The predicted molar refractivity (Wildman–Crippen MR) is 74.6 cm³/mol. The first-order valence-electron chi connectivity index (χ1n) is 6.42. The molecular weight excluding hydrogens is 224 g/mol. The molecule has 96 valence electrons. The van der Waals surface area contributed by atoms with Crippen molar-refractivity contribution < 1.29 is 4.79 Å². The molecule has 0 fully saturated rings. The number of nitrogens with zero attached hydrogens (tertiary/aromatic N) is 1. The van der Waals surface area contributed by atoms with Gasteiger partial charge in [0.2, 0.25) is 5.91 Å². The molecule has 1 heterocycles. The maximum Gasteiger partial charge on any atom is 0.245 e. The third-order valence-corrected chi connectivity index (χ3v) is 3.35. The Hall–Kier alpha value is -1.77. The highest BCUT2D eigenvalue weighted by Crippen LogP contribution is 2.25. The smallest absolute Gasteiger partial charge is 0.245 e. The number of rotatable bonds is 5. The lowest BCUT2D eigenvalue weighted by Crippen LogP contribution is -2.40. The number of carbonyl (C=O) groups excluding carboxylic acids is 1. The van der Waals surface area contributed by atoms with Gasteiger partial charge in [-0.1, -0.05) is 24.3 Å².